The lowest BCUT2D eigenvalue weighted by molar-refractivity contribution is -0.0590. The Bertz CT molecular complexity index is 1950. The van der Waals surface area contributed by atoms with Crippen molar-refractivity contribution >= 4 is 45.1 Å². The number of esters is 1. The first kappa shape index (κ1) is 29.4. The highest BCUT2D eigenvalue weighted by atomic mass is 35.5. The van der Waals surface area contributed by atoms with E-state index in [0.29, 0.717) is 34.5 Å². The number of furan rings is 1. The molecule has 0 radical (unpaired) electrons. The average molecular weight is 635 g/mol. The summed E-state index contributed by atoms with van der Waals surface area (Å²) in [5.41, 5.74) is 4.00. The van der Waals surface area contributed by atoms with Crippen LogP contribution >= 0.6 is 11.6 Å². The second kappa shape index (κ2) is 12.2. The molecule has 7 rings (SSSR count). The lowest BCUT2D eigenvalue weighted by atomic mass is 9.86. The molecule has 9 nitrogen and oxygen atoms in total. The van der Waals surface area contributed by atoms with Crippen LogP contribution in [-0.2, 0) is 29.0 Å². The molecule has 0 N–H and O–H groups in total. The predicted octanol–water partition coefficient (Wildman–Crippen LogP) is 7.08. The SMILES string of the molecule is COC(=O)c1ccc2nc(CC3CC=C(c4nc(OCc5ccc(Cl)c6cc(F)oc56)ncc4F)CC3)n(C[C@@H]3CCO3)c2c1. The van der Waals surface area contributed by atoms with Gasteiger partial charge in [0, 0.05) is 30.0 Å². The monoisotopic (exact) mass is 634 g/mol. The van der Waals surface area contributed by atoms with E-state index in [9.17, 15) is 13.6 Å². The van der Waals surface area contributed by atoms with Gasteiger partial charge in [-0.1, -0.05) is 23.7 Å². The van der Waals surface area contributed by atoms with E-state index in [1.165, 1.54) is 13.2 Å². The first-order chi connectivity index (χ1) is 21.9. The summed E-state index contributed by atoms with van der Waals surface area (Å²) in [7, 11) is 1.37. The fraction of sp³-hybridized carbons (Fsp3) is 0.333. The molecule has 0 amide bonds. The van der Waals surface area contributed by atoms with Gasteiger partial charge in [0.05, 0.1) is 47.6 Å². The molecule has 4 heterocycles. The van der Waals surface area contributed by atoms with Gasteiger partial charge in [0.25, 0.3) is 6.01 Å². The maximum Gasteiger partial charge on any atom is 0.337 e. The summed E-state index contributed by atoms with van der Waals surface area (Å²) in [6, 6.07) is 9.18. The molecular weight excluding hydrogens is 606 g/mol. The van der Waals surface area contributed by atoms with Crippen molar-refractivity contribution < 1.29 is 32.2 Å². The molecule has 1 aliphatic heterocycles. The van der Waals surface area contributed by atoms with E-state index in [-0.39, 0.29) is 35.9 Å². The highest BCUT2D eigenvalue weighted by Gasteiger charge is 2.26. The smallest absolute Gasteiger partial charge is 0.337 e. The first-order valence-electron chi connectivity index (χ1n) is 14.8. The molecule has 1 fully saturated rings. The number of nitrogens with zero attached hydrogens (tertiary/aromatic N) is 4. The van der Waals surface area contributed by atoms with Gasteiger partial charge in [-0.15, -0.1) is 0 Å². The van der Waals surface area contributed by atoms with E-state index in [0.717, 1.165) is 60.9 Å². The van der Waals surface area contributed by atoms with Crippen LogP contribution < -0.4 is 4.74 Å². The molecule has 2 aromatic carbocycles. The number of fused-ring (bicyclic) bond motifs is 2. The molecule has 0 saturated carbocycles. The number of carbonyl (C=O) groups excluding carboxylic acids is 1. The number of rotatable bonds is 9. The average Bonchev–Trinajstić information content (AvgIpc) is 3.59. The second-order valence-electron chi connectivity index (χ2n) is 11.3. The van der Waals surface area contributed by atoms with Gasteiger partial charge >= 0.3 is 12.0 Å². The van der Waals surface area contributed by atoms with Crippen LogP contribution in [-0.4, -0.2) is 45.3 Å². The summed E-state index contributed by atoms with van der Waals surface area (Å²) < 4.78 is 52.3. The minimum atomic E-state index is -0.750. The number of ether oxygens (including phenoxy) is 3. The summed E-state index contributed by atoms with van der Waals surface area (Å²) in [6.45, 7) is 1.40. The normalized spacial score (nSPS) is 18.2. The number of hydrogen-bond acceptors (Lipinski definition) is 8. The Morgan fingerprint density at radius 1 is 1.16 bits per heavy atom. The van der Waals surface area contributed by atoms with Crippen LogP contribution in [0.3, 0.4) is 0 Å². The zero-order chi connectivity index (χ0) is 31.1. The van der Waals surface area contributed by atoms with Gasteiger partial charge in [0.2, 0.25) is 0 Å². The molecule has 12 heteroatoms. The van der Waals surface area contributed by atoms with E-state index >= 15 is 0 Å². The minimum Gasteiger partial charge on any atom is -0.465 e. The van der Waals surface area contributed by atoms with Crippen LogP contribution in [0.25, 0.3) is 27.6 Å². The lowest BCUT2D eigenvalue weighted by Crippen LogP contribution is -2.32. The first-order valence-corrected chi connectivity index (χ1v) is 15.1. The summed E-state index contributed by atoms with van der Waals surface area (Å²) >= 11 is 6.15. The Balaban J connectivity index is 1.07. The molecule has 3 aromatic heterocycles. The third kappa shape index (κ3) is 5.89. The Kier molecular flexibility index (Phi) is 7.97. The van der Waals surface area contributed by atoms with Gasteiger partial charge in [0.1, 0.15) is 23.7 Å². The van der Waals surface area contributed by atoms with E-state index < -0.39 is 17.8 Å². The number of methoxy groups -OCH3 is 1. The molecule has 1 unspecified atom stereocenters. The van der Waals surface area contributed by atoms with Crippen molar-refractivity contribution in [3.8, 4) is 6.01 Å². The molecule has 45 heavy (non-hydrogen) atoms. The maximum atomic E-state index is 14.9. The molecule has 0 spiro atoms. The summed E-state index contributed by atoms with van der Waals surface area (Å²) in [5.74, 6) is 0.295. The fourth-order valence-corrected chi connectivity index (χ4v) is 6.18. The number of aromatic nitrogens is 4. The van der Waals surface area contributed by atoms with Gasteiger partial charge in [-0.25, -0.2) is 19.2 Å². The zero-order valence-electron chi connectivity index (χ0n) is 24.4. The van der Waals surface area contributed by atoms with Crippen molar-refractivity contribution in [3.63, 3.8) is 0 Å². The molecule has 1 saturated heterocycles. The molecule has 232 valence electrons. The Morgan fingerprint density at radius 3 is 2.78 bits per heavy atom. The van der Waals surface area contributed by atoms with Crippen LogP contribution in [0.4, 0.5) is 8.78 Å². The summed E-state index contributed by atoms with van der Waals surface area (Å²) in [5, 5.41) is 0.803. The van der Waals surface area contributed by atoms with Crippen LogP contribution in [0, 0.1) is 17.7 Å². The van der Waals surface area contributed by atoms with E-state index in [1.54, 1.807) is 18.2 Å². The van der Waals surface area contributed by atoms with Crippen molar-refractivity contribution in [2.24, 2.45) is 5.92 Å². The van der Waals surface area contributed by atoms with Gasteiger partial charge in [-0.2, -0.15) is 9.37 Å². The highest BCUT2D eigenvalue weighted by Crippen LogP contribution is 2.34. The Morgan fingerprint density at radius 2 is 2.02 bits per heavy atom. The van der Waals surface area contributed by atoms with Gasteiger partial charge in [0.15, 0.2) is 5.82 Å². The largest absolute Gasteiger partial charge is 0.465 e. The summed E-state index contributed by atoms with van der Waals surface area (Å²) in [6.07, 6.45) is 7.10. The Labute approximate surface area is 261 Å². The van der Waals surface area contributed by atoms with Crippen LogP contribution in [0.15, 0.2) is 53.1 Å². The van der Waals surface area contributed by atoms with E-state index in [2.05, 4.69) is 14.5 Å². The highest BCUT2D eigenvalue weighted by molar-refractivity contribution is 6.35. The maximum absolute atomic E-state index is 14.9. The molecule has 0 bridgehead atoms. The number of halogens is 3. The Hall–Kier alpha value is -4.35. The zero-order valence-corrected chi connectivity index (χ0v) is 25.2. The number of hydrogen-bond donors (Lipinski definition) is 0. The predicted molar refractivity (Wildman–Crippen MR) is 162 cm³/mol. The molecule has 1 aliphatic carbocycles. The van der Waals surface area contributed by atoms with Crippen molar-refractivity contribution in [3.05, 3.63) is 88.2 Å². The quantitative estimate of drug-likeness (QED) is 0.159. The third-order valence-corrected chi connectivity index (χ3v) is 8.81. The summed E-state index contributed by atoms with van der Waals surface area (Å²) in [4.78, 5) is 25.5. The van der Waals surface area contributed by atoms with Crippen molar-refractivity contribution in [2.75, 3.05) is 13.7 Å². The van der Waals surface area contributed by atoms with Gasteiger partial charge in [-0.05, 0) is 61.4 Å². The number of imidazole rings is 1. The third-order valence-electron chi connectivity index (χ3n) is 8.48. The van der Waals surface area contributed by atoms with Gasteiger partial charge < -0.3 is 23.2 Å². The molecule has 2 atom stereocenters. The number of allylic oxidation sites excluding steroid dienone is 2. The lowest BCUT2D eigenvalue weighted by Gasteiger charge is -2.28. The fourth-order valence-electron chi connectivity index (χ4n) is 5.97. The molecular formula is C33H29ClF2N4O5. The number of benzene rings is 2. The minimum absolute atomic E-state index is 0.00260. The van der Waals surface area contributed by atoms with Crippen molar-refractivity contribution in [2.45, 2.75) is 51.4 Å². The van der Waals surface area contributed by atoms with Crippen LogP contribution in [0.5, 0.6) is 6.01 Å². The second-order valence-corrected chi connectivity index (χ2v) is 11.7. The van der Waals surface area contributed by atoms with Crippen LogP contribution in [0.1, 0.15) is 53.1 Å². The van der Waals surface area contributed by atoms with Crippen molar-refractivity contribution in [1.82, 2.24) is 19.5 Å². The molecule has 5 aromatic rings. The standard InChI is InChI=1S/C33H29ClF2N4O5/c1-42-32(41)20-7-9-26-27(13-20)40(16-22-10-11-43-22)29(38-26)12-18-2-4-19(5-3-18)30-25(35)15-37-33(39-30)44-17-21-6-8-24(34)23-14-28(36)45-31(21)23/h4,6-9,13-15,18,22H,2-3,5,10-12,16-17H2,1H3/t18?,22-/m0/s1. The van der Waals surface area contributed by atoms with Gasteiger partial charge in [-0.3, -0.25) is 0 Å². The topological polar surface area (TPSA) is 102 Å². The molecule has 2 aliphatic rings. The van der Waals surface area contributed by atoms with Crippen molar-refractivity contribution in [1.29, 1.82) is 0 Å². The van der Waals surface area contributed by atoms with E-state index in [4.69, 9.17) is 35.2 Å². The van der Waals surface area contributed by atoms with E-state index in [1.807, 2.05) is 18.2 Å². The number of carbonyl (C=O) groups is 1. The van der Waals surface area contributed by atoms with Crippen LogP contribution in [0.2, 0.25) is 5.02 Å².